The molecule has 0 fully saturated rings. The van der Waals surface area contributed by atoms with Gasteiger partial charge in [-0.1, -0.05) is 12.1 Å². The molecule has 2 aromatic carbocycles. The first kappa shape index (κ1) is 11.0. The van der Waals surface area contributed by atoms with Crippen molar-refractivity contribution in [2.75, 3.05) is 12.8 Å². The summed E-state index contributed by atoms with van der Waals surface area (Å²) < 4.78 is 5.17. The Labute approximate surface area is 100 Å². The van der Waals surface area contributed by atoms with E-state index in [2.05, 4.69) is 6.07 Å². The number of nitriles is 1. The van der Waals surface area contributed by atoms with E-state index in [1.165, 1.54) is 0 Å². The Morgan fingerprint density at radius 2 is 2.00 bits per heavy atom. The van der Waals surface area contributed by atoms with Gasteiger partial charge < -0.3 is 10.5 Å². The second-order valence-corrected chi connectivity index (χ2v) is 3.65. The number of nitrogens with two attached hydrogens (primary N) is 1. The molecule has 84 valence electrons. The van der Waals surface area contributed by atoms with Gasteiger partial charge in [0, 0.05) is 11.3 Å². The van der Waals surface area contributed by atoms with Crippen LogP contribution in [-0.4, -0.2) is 7.11 Å². The van der Waals surface area contributed by atoms with E-state index in [1.54, 1.807) is 19.2 Å². The molecule has 0 unspecified atom stereocenters. The fraction of sp³-hybridized carbons (Fsp3) is 0.0714. The highest BCUT2D eigenvalue weighted by Crippen LogP contribution is 2.30. The van der Waals surface area contributed by atoms with E-state index >= 15 is 0 Å². The Balaban J connectivity index is 2.55. The van der Waals surface area contributed by atoms with Crippen molar-refractivity contribution in [3.05, 3.63) is 48.0 Å². The van der Waals surface area contributed by atoms with Crippen LogP contribution in [-0.2, 0) is 0 Å². The van der Waals surface area contributed by atoms with Gasteiger partial charge in [0.1, 0.15) is 5.75 Å². The molecule has 0 saturated carbocycles. The largest absolute Gasteiger partial charge is 0.497 e. The third-order valence-corrected chi connectivity index (χ3v) is 2.56. The molecule has 17 heavy (non-hydrogen) atoms. The maximum atomic E-state index is 8.87. The van der Waals surface area contributed by atoms with Crippen molar-refractivity contribution in [2.24, 2.45) is 0 Å². The lowest BCUT2D eigenvalue weighted by Crippen LogP contribution is -1.92. The normalized spacial score (nSPS) is 9.65. The van der Waals surface area contributed by atoms with Gasteiger partial charge in [0.2, 0.25) is 0 Å². The summed E-state index contributed by atoms with van der Waals surface area (Å²) in [7, 11) is 1.61. The summed E-state index contributed by atoms with van der Waals surface area (Å²) in [4.78, 5) is 0. The molecule has 0 aliphatic rings. The molecule has 0 heterocycles. The zero-order valence-electron chi connectivity index (χ0n) is 9.47. The minimum absolute atomic E-state index is 0.615. The van der Waals surface area contributed by atoms with Crippen LogP contribution in [0.25, 0.3) is 11.1 Å². The van der Waals surface area contributed by atoms with Crippen molar-refractivity contribution in [3.63, 3.8) is 0 Å². The summed E-state index contributed by atoms with van der Waals surface area (Å²) in [5, 5.41) is 8.87. The standard InChI is InChI=1S/C14H12N2O/c1-17-12-5-6-14(16)13(8-12)11-4-2-3-10(7-11)9-15/h2-8H,16H2,1H3. The first-order valence-electron chi connectivity index (χ1n) is 5.18. The van der Waals surface area contributed by atoms with Gasteiger partial charge in [0.15, 0.2) is 0 Å². The molecule has 0 amide bonds. The van der Waals surface area contributed by atoms with Gasteiger partial charge in [-0.2, -0.15) is 5.26 Å². The molecule has 2 N–H and O–H groups in total. The second kappa shape index (κ2) is 4.58. The molecule has 0 aliphatic carbocycles. The van der Waals surface area contributed by atoms with Crippen molar-refractivity contribution < 1.29 is 4.74 Å². The van der Waals surface area contributed by atoms with E-state index in [0.29, 0.717) is 11.3 Å². The summed E-state index contributed by atoms with van der Waals surface area (Å²) in [6.07, 6.45) is 0. The van der Waals surface area contributed by atoms with Crippen LogP contribution in [0.4, 0.5) is 5.69 Å². The van der Waals surface area contributed by atoms with E-state index in [-0.39, 0.29) is 0 Å². The topological polar surface area (TPSA) is 59.0 Å². The summed E-state index contributed by atoms with van der Waals surface area (Å²) in [6.45, 7) is 0. The summed E-state index contributed by atoms with van der Waals surface area (Å²) >= 11 is 0. The van der Waals surface area contributed by atoms with Gasteiger partial charge in [-0.05, 0) is 35.9 Å². The maximum absolute atomic E-state index is 8.87. The summed E-state index contributed by atoms with van der Waals surface area (Å²) in [6, 6.07) is 14.9. The van der Waals surface area contributed by atoms with Gasteiger partial charge in [-0.25, -0.2) is 0 Å². The number of hydrogen-bond donors (Lipinski definition) is 1. The molecular formula is C14H12N2O. The molecule has 2 rings (SSSR count). The summed E-state index contributed by atoms with van der Waals surface area (Å²) in [5.41, 5.74) is 9.01. The van der Waals surface area contributed by atoms with Gasteiger partial charge >= 0.3 is 0 Å². The van der Waals surface area contributed by atoms with Crippen LogP contribution in [0.1, 0.15) is 5.56 Å². The van der Waals surface area contributed by atoms with Crippen molar-refractivity contribution in [1.82, 2.24) is 0 Å². The number of nitrogen functional groups attached to an aromatic ring is 1. The first-order valence-corrected chi connectivity index (χ1v) is 5.18. The Morgan fingerprint density at radius 3 is 2.71 bits per heavy atom. The van der Waals surface area contributed by atoms with Crippen molar-refractivity contribution in [2.45, 2.75) is 0 Å². The van der Waals surface area contributed by atoms with Crippen LogP contribution in [0.3, 0.4) is 0 Å². The van der Waals surface area contributed by atoms with E-state index in [4.69, 9.17) is 15.7 Å². The van der Waals surface area contributed by atoms with E-state index in [1.807, 2.05) is 30.3 Å². The molecule has 3 nitrogen and oxygen atoms in total. The Hall–Kier alpha value is -2.47. The highest BCUT2D eigenvalue weighted by atomic mass is 16.5. The number of rotatable bonds is 2. The lowest BCUT2D eigenvalue weighted by atomic mass is 10.0. The van der Waals surface area contributed by atoms with Gasteiger partial charge in [-0.15, -0.1) is 0 Å². The van der Waals surface area contributed by atoms with Crippen LogP contribution in [0.15, 0.2) is 42.5 Å². The van der Waals surface area contributed by atoms with E-state index < -0.39 is 0 Å². The SMILES string of the molecule is COc1ccc(N)c(-c2cccc(C#N)c2)c1. The van der Waals surface area contributed by atoms with Gasteiger partial charge in [-0.3, -0.25) is 0 Å². The molecule has 2 aromatic rings. The fourth-order valence-electron chi connectivity index (χ4n) is 1.67. The number of anilines is 1. The third-order valence-electron chi connectivity index (χ3n) is 2.56. The van der Waals surface area contributed by atoms with Crippen molar-refractivity contribution in [1.29, 1.82) is 5.26 Å². The van der Waals surface area contributed by atoms with Crippen LogP contribution >= 0.6 is 0 Å². The minimum Gasteiger partial charge on any atom is -0.497 e. The second-order valence-electron chi connectivity index (χ2n) is 3.65. The van der Waals surface area contributed by atoms with Crippen LogP contribution in [0.2, 0.25) is 0 Å². The fourth-order valence-corrected chi connectivity index (χ4v) is 1.67. The predicted octanol–water partition coefficient (Wildman–Crippen LogP) is 2.82. The first-order chi connectivity index (χ1) is 8.24. The number of benzene rings is 2. The molecule has 0 radical (unpaired) electrons. The monoisotopic (exact) mass is 224 g/mol. The van der Waals surface area contributed by atoms with Gasteiger partial charge in [0.05, 0.1) is 18.7 Å². The molecule has 0 aromatic heterocycles. The molecule has 0 bridgehead atoms. The Bertz CT molecular complexity index is 585. The zero-order chi connectivity index (χ0) is 12.3. The Morgan fingerprint density at radius 1 is 1.18 bits per heavy atom. The molecule has 3 heteroatoms. The van der Waals surface area contributed by atoms with Crippen molar-refractivity contribution in [3.8, 4) is 22.9 Å². The number of ether oxygens (including phenoxy) is 1. The highest BCUT2D eigenvalue weighted by Gasteiger charge is 2.05. The third kappa shape index (κ3) is 2.21. The summed E-state index contributed by atoms with van der Waals surface area (Å²) in [5.74, 6) is 0.747. The van der Waals surface area contributed by atoms with Crippen LogP contribution in [0.5, 0.6) is 5.75 Å². The lowest BCUT2D eigenvalue weighted by molar-refractivity contribution is 0.415. The smallest absolute Gasteiger partial charge is 0.119 e. The van der Waals surface area contributed by atoms with Crippen molar-refractivity contribution >= 4 is 5.69 Å². The highest BCUT2D eigenvalue weighted by molar-refractivity contribution is 5.78. The molecule has 0 saturated heterocycles. The van der Waals surface area contributed by atoms with E-state index in [9.17, 15) is 0 Å². The quantitative estimate of drug-likeness (QED) is 0.798. The molecule has 0 atom stereocenters. The number of hydrogen-bond acceptors (Lipinski definition) is 3. The van der Waals surface area contributed by atoms with Crippen LogP contribution in [0, 0.1) is 11.3 Å². The van der Waals surface area contributed by atoms with E-state index in [0.717, 1.165) is 16.9 Å². The molecule has 0 spiro atoms. The minimum atomic E-state index is 0.615. The maximum Gasteiger partial charge on any atom is 0.119 e. The Kier molecular flexibility index (Phi) is 2.97. The average molecular weight is 224 g/mol. The van der Waals surface area contributed by atoms with Crippen LogP contribution < -0.4 is 10.5 Å². The average Bonchev–Trinajstić information content (AvgIpc) is 2.39. The number of methoxy groups -OCH3 is 1. The lowest BCUT2D eigenvalue weighted by Gasteiger charge is -2.08. The molecule has 0 aliphatic heterocycles. The van der Waals surface area contributed by atoms with Gasteiger partial charge in [0.25, 0.3) is 0 Å². The molecular weight excluding hydrogens is 212 g/mol. The number of nitrogens with zero attached hydrogens (tertiary/aromatic N) is 1. The predicted molar refractivity (Wildman–Crippen MR) is 67.6 cm³/mol. The zero-order valence-corrected chi connectivity index (χ0v) is 9.47.